The molecule has 1 aliphatic carbocycles. The summed E-state index contributed by atoms with van der Waals surface area (Å²) in [7, 11) is 0. The molecule has 1 saturated carbocycles. The van der Waals surface area contributed by atoms with E-state index in [9.17, 15) is 0 Å². The Morgan fingerprint density at radius 1 is 1.05 bits per heavy atom. The Hall–Kier alpha value is -0.850. The van der Waals surface area contributed by atoms with Gasteiger partial charge in [0.25, 0.3) is 0 Å². The van der Waals surface area contributed by atoms with Crippen molar-refractivity contribution in [2.75, 3.05) is 18.4 Å². The first kappa shape index (κ1) is 13.1. The predicted octanol–water partition coefficient (Wildman–Crippen LogP) is 3.24. The van der Waals surface area contributed by atoms with Crippen LogP contribution in [0.4, 0.5) is 5.69 Å². The molecule has 0 unspecified atom stereocenters. The second kappa shape index (κ2) is 5.64. The van der Waals surface area contributed by atoms with E-state index in [1.165, 1.54) is 0 Å². The summed E-state index contributed by atoms with van der Waals surface area (Å²) in [6, 6.07) is 7.45. The average molecular weight is 286 g/mol. The van der Waals surface area contributed by atoms with Gasteiger partial charge in [0.15, 0.2) is 13.5 Å². The first-order valence-electron chi connectivity index (χ1n) is 6.39. The molecule has 0 amide bonds. The molecular formula is C13H16ClNO4. The van der Waals surface area contributed by atoms with E-state index in [4.69, 9.17) is 31.2 Å². The van der Waals surface area contributed by atoms with Crippen molar-refractivity contribution in [1.29, 1.82) is 0 Å². The van der Waals surface area contributed by atoms with E-state index in [0.717, 1.165) is 31.4 Å². The van der Waals surface area contributed by atoms with Crippen LogP contribution in [0.3, 0.4) is 0 Å². The molecule has 1 saturated heterocycles. The van der Waals surface area contributed by atoms with E-state index < -0.39 is 5.79 Å². The van der Waals surface area contributed by atoms with E-state index >= 15 is 0 Å². The summed E-state index contributed by atoms with van der Waals surface area (Å²) in [6.07, 6.45) is 3.71. The van der Waals surface area contributed by atoms with Crippen LogP contribution < -0.4 is 4.90 Å². The van der Waals surface area contributed by atoms with Gasteiger partial charge in [-0.1, -0.05) is 17.7 Å². The molecule has 0 bridgehead atoms. The summed E-state index contributed by atoms with van der Waals surface area (Å²) in [6.45, 7) is 0.539. The lowest BCUT2D eigenvalue weighted by molar-refractivity contribution is -0.520. The summed E-state index contributed by atoms with van der Waals surface area (Å²) < 4.78 is 0. The highest BCUT2D eigenvalue weighted by atomic mass is 35.5. The van der Waals surface area contributed by atoms with Gasteiger partial charge in [0, 0.05) is 23.6 Å². The van der Waals surface area contributed by atoms with Gasteiger partial charge < -0.3 is 4.90 Å². The summed E-state index contributed by atoms with van der Waals surface area (Å²) >= 11 is 5.96. The molecule has 1 aromatic rings. The smallest absolute Gasteiger partial charge is 0.234 e. The molecule has 0 aromatic heterocycles. The zero-order chi connectivity index (χ0) is 13.1. The quantitative estimate of drug-likeness (QED) is 0.741. The fraction of sp³-hybridized carbons (Fsp3) is 0.538. The molecule has 6 heteroatoms. The maximum atomic E-state index is 5.96. The van der Waals surface area contributed by atoms with E-state index in [1.807, 2.05) is 29.2 Å². The molecule has 2 aliphatic rings. The van der Waals surface area contributed by atoms with Crippen LogP contribution in [0.25, 0.3) is 0 Å². The zero-order valence-electron chi connectivity index (χ0n) is 10.5. The third kappa shape index (κ3) is 3.01. The minimum Gasteiger partial charge on any atom is -0.320 e. The van der Waals surface area contributed by atoms with Crippen molar-refractivity contribution in [3.63, 3.8) is 0 Å². The first-order valence-corrected chi connectivity index (χ1v) is 6.77. The van der Waals surface area contributed by atoms with Crippen LogP contribution in [-0.4, -0.2) is 19.2 Å². The molecule has 1 spiro atoms. The fourth-order valence-electron chi connectivity index (χ4n) is 2.35. The maximum Gasteiger partial charge on any atom is 0.234 e. The molecular weight excluding hydrogens is 270 g/mol. The van der Waals surface area contributed by atoms with Gasteiger partial charge in [-0.15, -0.1) is 0 Å². The SMILES string of the molecule is Clc1cccc(N2COOC3(CCCC3)OOC2)c1. The van der Waals surface area contributed by atoms with Gasteiger partial charge >= 0.3 is 0 Å². The lowest BCUT2D eigenvalue weighted by Gasteiger charge is -2.32. The number of rotatable bonds is 1. The van der Waals surface area contributed by atoms with Crippen molar-refractivity contribution < 1.29 is 19.6 Å². The van der Waals surface area contributed by atoms with Crippen LogP contribution in [0.2, 0.25) is 5.02 Å². The fourth-order valence-corrected chi connectivity index (χ4v) is 2.53. The molecule has 1 heterocycles. The molecule has 3 rings (SSSR count). The number of hydrogen-bond donors (Lipinski definition) is 0. The Morgan fingerprint density at radius 2 is 1.74 bits per heavy atom. The number of nitrogens with zero attached hydrogens (tertiary/aromatic N) is 1. The van der Waals surface area contributed by atoms with Crippen molar-refractivity contribution in [3.8, 4) is 0 Å². The number of halogens is 1. The molecule has 1 aromatic carbocycles. The van der Waals surface area contributed by atoms with Gasteiger partial charge in [0.2, 0.25) is 5.79 Å². The molecule has 104 valence electrons. The zero-order valence-corrected chi connectivity index (χ0v) is 11.3. The van der Waals surface area contributed by atoms with Crippen LogP contribution in [0.15, 0.2) is 24.3 Å². The summed E-state index contributed by atoms with van der Waals surface area (Å²) in [4.78, 5) is 23.2. The van der Waals surface area contributed by atoms with Crippen LogP contribution >= 0.6 is 11.6 Å². The highest BCUT2D eigenvalue weighted by Gasteiger charge is 2.40. The molecule has 0 radical (unpaired) electrons. The molecule has 19 heavy (non-hydrogen) atoms. The van der Waals surface area contributed by atoms with Crippen LogP contribution in [0.1, 0.15) is 25.7 Å². The minimum absolute atomic E-state index is 0.269. The van der Waals surface area contributed by atoms with Crippen molar-refractivity contribution in [1.82, 2.24) is 0 Å². The van der Waals surface area contributed by atoms with Crippen molar-refractivity contribution >= 4 is 17.3 Å². The lowest BCUT2D eigenvalue weighted by atomic mass is 10.2. The van der Waals surface area contributed by atoms with E-state index in [2.05, 4.69) is 0 Å². The Kier molecular flexibility index (Phi) is 3.91. The lowest BCUT2D eigenvalue weighted by Crippen LogP contribution is -2.41. The summed E-state index contributed by atoms with van der Waals surface area (Å²) in [5.74, 6) is -0.722. The van der Waals surface area contributed by atoms with Gasteiger partial charge in [-0.05, 0) is 31.0 Å². The number of benzene rings is 1. The second-order valence-corrected chi connectivity index (χ2v) is 5.23. The Labute approximate surface area is 116 Å². The normalized spacial score (nSPS) is 23.3. The Bertz CT molecular complexity index is 424. The van der Waals surface area contributed by atoms with Crippen LogP contribution in [0, 0.1) is 0 Å². The first-order chi connectivity index (χ1) is 9.27. The van der Waals surface area contributed by atoms with Gasteiger partial charge in [-0.25, -0.2) is 9.78 Å². The monoisotopic (exact) mass is 285 g/mol. The van der Waals surface area contributed by atoms with Gasteiger partial charge in [0.1, 0.15) is 0 Å². The Morgan fingerprint density at radius 3 is 2.37 bits per heavy atom. The van der Waals surface area contributed by atoms with E-state index in [1.54, 1.807) is 0 Å². The topological polar surface area (TPSA) is 40.2 Å². The maximum absolute atomic E-state index is 5.96. The van der Waals surface area contributed by atoms with Crippen molar-refractivity contribution in [2.24, 2.45) is 0 Å². The average Bonchev–Trinajstić information content (AvgIpc) is 2.83. The molecule has 0 atom stereocenters. The van der Waals surface area contributed by atoms with Crippen LogP contribution in [0.5, 0.6) is 0 Å². The van der Waals surface area contributed by atoms with Crippen LogP contribution in [-0.2, 0) is 19.6 Å². The minimum atomic E-state index is -0.722. The highest BCUT2D eigenvalue weighted by Crippen LogP contribution is 2.35. The van der Waals surface area contributed by atoms with Crippen molar-refractivity contribution in [2.45, 2.75) is 31.5 Å². The molecule has 5 nitrogen and oxygen atoms in total. The number of anilines is 1. The standard InChI is InChI=1S/C13H16ClNO4/c14-11-4-3-5-12(8-11)15-9-16-18-13(19-17-10-15)6-1-2-7-13/h3-5,8H,1-2,6-7,9-10H2. The van der Waals surface area contributed by atoms with E-state index in [-0.39, 0.29) is 13.5 Å². The predicted molar refractivity (Wildman–Crippen MR) is 69.2 cm³/mol. The van der Waals surface area contributed by atoms with Gasteiger partial charge in [0.05, 0.1) is 0 Å². The largest absolute Gasteiger partial charge is 0.320 e. The summed E-state index contributed by atoms with van der Waals surface area (Å²) in [5, 5.41) is 0.661. The third-order valence-corrected chi connectivity index (χ3v) is 3.61. The van der Waals surface area contributed by atoms with E-state index in [0.29, 0.717) is 5.02 Å². The number of hydrogen-bond acceptors (Lipinski definition) is 5. The van der Waals surface area contributed by atoms with Crippen molar-refractivity contribution in [3.05, 3.63) is 29.3 Å². The van der Waals surface area contributed by atoms with Gasteiger partial charge in [-0.2, -0.15) is 9.78 Å². The summed E-state index contributed by atoms with van der Waals surface area (Å²) in [5.41, 5.74) is 0.891. The highest BCUT2D eigenvalue weighted by molar-refractivity contribution is 6.30. The molecule has 2 fully saturated rings. The Balaban J connectivity index is 1.65. The molecule has 0 N–H and O–H groups in total. The third-order valence-electron chi connectivity index (χ3n) is 3.38. The molecule has 1 aliphatic heterocycles. The second-order valence-electron chi connectivity index (χ2n) is 4.80. The van der Waals surface area contributed by atoms with Gasteiger partial charge in [-0.3, -0.25) is 0 Å².